The summed E-state index contributed by atoms with van der Waals surface area (Å²) in [6.45, 7) is 4.38. The number of hydrogen-bond donors (Lipinski definition) is 1. The SMILES string of the molecule is CC(I)C(=O)OC1(C2CC[NH+](C)CC2)CCCCC1. The van der Waals surface area contributed by atoms with Crippen LogP contribution in [0, 0.1) is 5.92 Å². The molecule has 0 spiro atoms. The van der Waals surface area contributed by atoms with E-state index in [4.69, 9.17) is 4.74 Å². The second-order valence-corrected chi connectivity index (χ2v) is 8.26. The summed E-state index contributed by atoms with van der Waals surface area (Å²) in [5.41, 5.74) is -0.129. The molecule has 2 aliphatic rings. The number of alkyl halides is 1. The van der Waals surface area contributed by atoms with Crippen molar-refractivity contribution in [2.45, 2.75) is 61.4 Å². The Balaban J connectivity index is 2.07. The molecular formula is C15H27INO2+. The van der Waals surface area contributed by atoms with Crippen LogP contribution >= 0.6 is 22.6 Å². The van der Waals surface area contributed by atoms with Crippen molar-refractivity contribution in [1.82, 2.24) is 0 Å². The molecule has 1 aliphatic carbocycles. The number of esters is 1. The molecule has 1 unspecified atom stereocenters. The molecule has 1 aliphatic heterocycles. The molecule has 4 heteroatoms. The number of carbonyl (C=O) groups is 1. The molecule has 0 aromatic rings. The number of carbonyl (C=O) groups excluding carboxylic acids is 1. The van der Waals surface area contributed by atoms with Crippen LogP contribution in [0.4, 0.5) is 0 Å². The van der Waals surface area contributed by atoms with Gasteiger partial charge >= 0.3 is 5.97 Å². The van der Waals surface area contributed by atoms with E-state index in [9.17, 15) is 4.79 Å². The molecule has 1 saturated carbocycles. The van der Waals surface area contributed by atoms with Gasteiger partial charge in [-0.15, -0.1) is 0 Å². The minimum Gasteiger partial charge on any atom is -0.458 e. The van der Waals surface area contributed by atoms with E-state index in [1.165, 1.54) is 45.2 Å². The highest BCUT2D eigenvalue weighted by Gasteiger charge is 2.45. The van der Waals surface area contributed by atoms with Crippen molar-refractivity contribution in [2.75, 3.05) is 20.1 Å². The zero-order valence-electron chi connectivity index (χ0n) is 12.2. The van der Waals surface area contributed by atoms with E-state index < -0.39 is 0 Å². The molecule has 1 heterocycles. The third kappa shape index (κ3) is 3.84. The standard InChI is InChI=1S/C15H26INO2/c1-12(16)14(18)19-15(8-4-3-5-9-15)13-6-10-17(2)11-7-13/h12-13H,3-11H2,1-2H3/p+1. The lowest BCUT2D eigenvalue weighted by atomic mass is 9.71. The number of likely N-dealkylation sites (tertiary alicyclic amines) is 1. The lowest BCUT2D eigenvalue weighted by Crippen LogP contribution is -3.10. The normalized spacial score (nSPS) is 32.6. The molecule has 1 saturated heterocycles. The molecule has 3 nitrogen and oxygen atoms in total. The Morgan fingerprint density at radius 3 is 2.37 bits per heavy atom. The number of nitrogens with one attached hydrogen (secondary N) is 1. The summed E-state index contributed by atoms with van der Waals surface area (Å²) < 4.78 is 6.03. The van der Waals surface area contributed by atoms with Gasteiger partial charge in [-0.1, -0.05) is 29.0 Å². The molecule has 0 aromatic carbocycles. The Labute approximate surface area is 130 Å². The lowest BCUT2D eigenvalue weighted by molar-refractivity contribution is -0.886. The molecule has 0 radical (unpaired) electrons. The van der Waals surface area contributed by atoms with Crippen LogP contribution < -0.4 is 4.90 Å². The lowest BCUT2D eigenvalue weighted by Gasteiger charge is -2.45. The van der Waals surface area contributed by atoms with Crippen LogP contribution in [0.25, 0.3) is 0 Å². The summed E-state index contributed by atoms with van der Waals surface area (Å²) in [7, 11) is 2.27. The van der Waals surface area contributed by atoms with Gasteiger partial charge in [0.05, 0.1) is 20.1 Å². The Hall–Kier alpha value is 0.160. The van der Waals surface area contributed by atoms with Crippen LogP contribution in [-0.4, -0.2) is 35.6 Å². The summed E-state index contributed by atoms with van der Waals surface area (Å²) in [6, 6.07) is 0. The first-order valence-electron chi connectivity index (χ1n) is 7.72. The first-order valence-corrected chi connectivity index (χ1v) is 8.96. The maximum atomic E-state index is 12.1. The van der Waals surface area contributed by atoms with Crippen LogP contribution in [0.3, 0.4) is 0 Å². The molecule has 19 heavy (non-hydrogen) atoms. The summed E-state index contributed by atoms with van der Waals surface area (Å²) in [6.07, 6.45) is 8.36. The molecular weight excluding hydrogens is 353 g/mol. The second-order valence-electron chi connectivity index (χ2n) is 6.39. The van der Waals surface area contributed by atoms with Gasteiger partial charge in [0.15, 0.2) is 0 Å². The van der Waals surface area contributed by atoms with Gasteiger partial charge in [-0.05, 0) is 32.6 Å². The largest absolute Gasteiger partial charge is 0.458 e. The van der Waals surface area contributed by atoms with Gasteiger partial charge in [0.25, 0.3) is 0 Å². The van der Waals surface area contributed by atoms with E-state index >= 15 is 0 Å². The number of hydrogen-bond acceptors (Lipinski definition) is 2. The van der Waals surface area contributed by atoms with Gasteiger partial charge in [0.1, 0.15) is 9.53 Å². The Morgan fingerprint density at radius 1 is 1.26 bits per heavy atom. The van der Waals surface area contributed by atoms with Gasteiger partial charge in [0.2, 0.25) is 0 Å². The van der Waals surface area contributed by atoms with E-state index in [1.54, 1.807) is 4.90 Å². The maximum absolute atomic E-state index is 12.1. The predicted molar refractivity (Wildman–Crippen MR) is 84.7 cm³/mol. The summed E-state index contributed by atoms with van der Waals surface area (Å²) >= 11 is 2.17. The third-order valence-electron chi connectivity index (χ3n) is 4.91. The number of rotatable bonds is 3. The van der Waals surface area contributed by atoms with Crippen molar-refractivity contribution in [3.63, 3.8) is 0 Å². The number of quaternary nitrogens is 1. The van der Waals surface area contributed by atoms with Gasteiger partial charge in [-0.2, -0.15) is 0 Å². The van der Waals surface area contributed by atoms with Crippen molar-refractivity contribution in [2.24, 2.45) is 5.92 Å². The van der Waals surface area contributed by atoms with Crippen molar-refractivity contribution < 1.29 is 14.4 Å². The monoisotopic (exact) mass is 380 g/mol. The van der Waals surface area contributed by atoms with Crippen LogP contribution in [0.1, 0.15) is 51.9 Å². The molecule has 0 amide bonds. The number of piperidine rings is 1. The highest BCUT2D eigenvalue weighted by molar-refractivity contribution is 14.1. The summed E-state index contributed by atoms with van der Waals surface area (Å²) in [5.74, 6) is 0.587. The fraction of sp³-hybridized carbons (Fsp3) is 0.933. The highest BCUT2D eigenvalue weighted by atomic mass is 127. The third-order valence-corrected chi connectivity index (χ3v) is 5.42. The van der Waals surface area contributed by atoms with Crippen molar-refractivity contribution in [3.8, 4) is 0 Å². The smallest absolute Gasteiger partial charge is 0.319 e. The summed E-state index contributed by atoms with van der Waals surface area (Å²) in [5, 5.41) is 0. The predicted octanol–water partition coefficient (Wildman–Crippen LogP) is 1.98. The number of ether oxygens (including phenoxy) is 1. The fourth-order valence-electron chi connectivity index (χ4n) is 3.66. The van der Waals surface area contributed by atoms with Crippen LogP contribution in [0.15, 0.2) is 0 Å². The fourth-order valence-corrected chi connectivity index (χ4v) is 3.79. The molecule has 1 N–H and O–H groups in total. The van der Waals surface area contributed by atoms with E-state index in [2.05, 4.69) is 29.6 Å². The molecule has 2 fully saturated rings. The van der Waals surface area contributed by atoms with Crippen LogP contribution in [0.2, 0.25) is 0 Å². The zero-order chi connectivity index (χ0) is 13.9. The highest BCUT2D eigenvalue weighted by Crippen LogP contribution is 2.41. The second kappa shape index (κ2) is 6.74. The Morgan fingerprint density at radius 2 is 1.84 bits per heavy atom. The van der Waals surface area contributed by atoms with Crippen molar-refractivity contribution >= 4 is 28.6 Å². The van der Waals surface area contributed by atoms with E-state index in [1.807, 2.05) is 6.92 Å². The maximum Gasteiger partial charge on any atom is 0.319 e. The van der Waals surface area contributed by atoms with Gasteiger partial charge < -0.3 is 9.64 Å². The van der Waals surface area contributed by atoms with Crippen molar-refractivity contribution in [3.05, 3.63) is 0 Å². The van der Waals surface area contributed by atoms with E-state index in [-0.39, 0.29) is 15.5 Å². The van der Waals surface area contributed by atoms with Gasteiger partial charge in [0, 0.05) is 18.8 Å². The average molecular weight is 380 g/mol. The molecule has 1 atom stereocenters. The van der Waals surface area contributed by atoms with E-state index in [0.29, 0.717) is 5.92 Å². The Bertz CT molecular complexity index is 305. The first-order chi connectivity index (χ1) is 9.03. The first kappa shape index (κ1) is 15.5. The Kier molecular flexibility index (Phi) is 5.52. The van der Waals surface area contributed by atoms with E-state index in [0.717, 1.165) is 12.8 Å². The molecule has 0 bridgehead atoms. The van der Waals surface area contributed by atoms with Gasteiger partial charge in [-0.3, -0.25) is 4.79 Å². The van der Waals surface area contributed by atoms with Crippen molar-refractivity contribution in [1.29, 1.82) is 0 Å². The zero-order valence-corrected chi connectivity index (χ0v) is 14.4. The minimum absolute atomic E-state index is 0.00576. The molecule has 110 valence electrons. The molecule has 2 rings (SSSR count). The minimum atomic E-state index is -0.129. The quantitative estimate of drug-likeness (QED) is 0.461. The molecule has 0 aromatic heterocycles. The van der Waals surface area contributed by atoms with Crippen LogP contribution in [0.5, 0.6) is 0 Å². The van der Waals surface area contributed by atoms with Crippen LogP contribution in [-0.2, 0) is 9.53 Å². The average Bonchev–Trinajstić information content (AvgIpc) is 2.40. The summed E-state index contributed by atoms with van der Waals surface area (Å²) in [4.78, 5) is 13.7. The number of halogens is 1. The van der Waals surface area contributed by atoms with Gasteiger partial charge in [-0.25, -0.2) is 0 Å². The topological polar surface area (TPSA) is 30.7 Å².